The summed E-state index contributed by atoms with van der Waals surface area (Å²) in [4.78, 5) is 15.7. The van der Waals surface area contributed by atoms with Crippen LogP contribution in [-0.4, -0.2) is 62.1 Å². The number of aryl methyl sites for hydroxylation is 2. The van der Waals surface area contributed by atoms with Crippen LogP contribution in [-0.2, 0) is 10.0 Å². The van der Waals surface area contributed by atoms with Gasteiger partial charge in [-0.3, -0.25) is 0 Å². The highest BCUT2D eigenvalue weighted by Gasteiger charge is 2.28. The van der Waals surface area contributed by atoms with Crippen molar-refractivity contribution in [1.82, 2.24) is 14.5 Å². The van der Waals surface area contributed by atoms with Gasteiger partial charge in [-0.1, -0.05) is 35.4 Å². The summed E-state index contributed by atoms with van der Waals surface area (Å²) in [6.45, 7) is 6.23. The fourth-order valence-corrected chi connectivity index (χ4v) is 5.51. The van der Waals surface area contributed by atoms with Gasteiger partial charge in [0.05, 0.1) is 4.90 Å². The lowest BCUT2D eigenvalue weighted by Crippen LogP contribution is -2.43. The molecule has 2 amide bonds. The lowest BCUT2D eigenvalue weighted by molar-refractivity contribution is 0.201. The Morgan fingerprint density at radius 2 is 1.57 bits per heavy atom. The molecule has 0 saturated carbocycles. The first-order valence-electron chi connectivity index (χ1n) is 10.2. The highest BCUT2D eigenvalue weighted by atomic mass is 32.2. The predicted octanol–water partition coefficient (Wildman–Crippen LogP) is 3.50. The van der Waals surface area contributed by atoms with E-state index < -0.39 is 10.0 Å². The summed E-state index contributed by atoms with van der Waals surface area (Å²) in [5, 5.41) is 2.95. The predicted molar refractivity (Wildman–Crippen MR) is 121 cm³/mol. The molecular formula is C22H29N3O3S2. The van der Waals surface area contributed by atoms with Crippen molar-refractivity contribution in [3.05, 3.63) is 59.7 Å². The summed E-state index contributed by atoms with van der Waals surface area (Å²) in [6.07, 6.45) is 0.622. The molecule has 2 aromatic carbocycles. The zero-order valence-corrected chi connectivity index (χ0v) is 19.1. The smallest absolute Gasteiger partial charge is 0.317 e. The topological polar surface area (TPSA) is 69.7 Å². The van der Waals surface area contributed by atoms with Crippen LogP contribution in [0.5, 0.6) is 0 Å². The molecule has 0 atom stereocenters. The van der Waals surface area contributed by atoms with Crippen LogP contribution in [0, 0.1) is 13.8 Å². The van der Waals surface area contributed by atoms with Crippen molar-refractivity contribution in [3.8, 4) is 0 Å². The first-order chi connectivity index (χ1) is 14.4. The van der Waals surface area contributed by atoms with Gasteiger partial charge in [0.15, 0.2) is 0 Å². The minimum atomic E-state index is -3.53. The van der Waals surface area contributed by atoms with E-state index in [0.29, 0.717) is 44.0 Å². The number of amides is 2. The van der Waals surface area contributed by atoms with E-state index in [1.54, 1.807) is 40.9 Å². The van der Waals surface area contributed by atoms with E-state index in [4.69, 9.17) is 0 Å². The molecule has 1 aliphatic heterocycles. The number of hydrogen-bond donors (Lipinski definition) is 1. The first kappa shape index (κ1) is 22.7. The fraction of sp³-hybridized carbons (Fsp3) is 0.409. The lowest BCUT2D eigenvalue weighted by atomic mass is 10.2. The Balaban J connectivity index is 1.47. The van der Waals surface area contributed by atoms with Crippen LogP contribution in [0.15, 0.2) is 58.3 Å². The van der Waals surface area contributed by atoms with Crippen LogP contribution in [0.3, 0.4) is 0 Å². The van der Waals surface area contributed by atoms with Crippen LogP contribution in [0.4, 0.5) is 4.79 Å². The second-order valence-electron chi connectivity index (χ2n) is 7.45. The van der Waals surface area contributed by atoms with E-state index in [9.17, 15) is 13.2 Å². The van der Waals surface area contributed by atoms with Gasteiger partial charge in [-0.05, 0) is 44.5 Å². The van der Waals surface area contributed by atoms with E-state index in [-0.39, 0.29) is 6.03 Å². The number of benzene rings is 2. The summed E-state index contributed by atoms with van der Waals surface area (Å²) >= 11 is 1.70. The molecule has 1 aliphatic rings. The average Bonchev–Trinajstić information content (AvgIpc) is 3.00. The monoisotopic (exact) mass is 447 g/mol. The van der Waals surface area contributed by atoms with Gasteiger partial charge >= 0.3 is 6.03 Å². The first-order valence-corrected chi connectivity index (χ1v) is 12.6. The second-order valence-corrected chi connectivity index (χ2v) is 10.6. The standard InChI is InChI=1S/C22H29N3O3S2/c1-18-4-8-20(9-5-18)29-17-12-23-22(26)24-13-3-14-25(16-15-24)30(27,28)21-10-6-19(2)7-11-21/h4-11H,3,12-17H2,1-2H3,(H,23,26). The number of rotatable bonds is 6. The van der Waals surface area contributed by atoms with Gasteiger partial charge in [0, 0.05) is 43.4 Å². The highest BCUT2D eigenvalue weighted by molar-refractivity contribution is 7.99. The summed E-state index contributed by atoms with van der Waals surface area (Å²) in [5.41, 5.74) is 2.25. The maximum atomic E-state index is 12.9. The minimum Gasteiger partial charge on any atom is -0.337 e. The second kappa shape index (κ2) is 10.3. The third kappa shape index (κ3) is 6.00. The molecule has 0 aromatic heterocycles. The van der Waals surface area contributed by atoms with Gasteiger partial charge in [0.25, 0.3) is 0 Å². The van der Waals surface area contributed by atoms with Crippen LogP contribution in [0.2, 0.25) is 0 Å². The number of carbonyl (C=O) groups is 1. The molecule has 0 spiro atoms. The molecule has 8 heteroatoms. The molecule has 0 radical (unpaired) electrons. The van der Waals surface area contributed by atoms with Crippen molar-refractivity contribution in [1.29, 1.82) is 0 Å². The van der Waals surface area contributed by atoms with Crippen molar-refractivity contribution >= 4 is 27.8 Å². The zero-order chi connectivity index (χ0) is 21.6. The van der Waals surface area contributed by atoms with Gasteiger partial charge < -0.3 is 10.2 Å². The summed E-state index contributed by atoms with van der Waals surface area (Å²) in [6, 6.07) is 15.1. The Kier molecular flexibility index (Phi) is 7.80. The van der Waals surface area contributed by atoms with E-state index in [1.807, 2.05) is 6.92 Å². The summed E-state index contributed by atoms with van der Waals surface area (Å²) in [7, 11) is -3.53. The molecule has 1 fully saturated rings. The van der Waals surface area contributed by atoms with Crippen LogP contribution >= 0.6 is 11.8 Å². The number of nitrogens with one attached hydrogen (secondary N) is 1. The average molecular weight is 448 g/mol. The van der Waals surface area contributed by atoms with Gasteiger partial charge in [-0.2, -0.15) is 4.31 Å². The molecule has 0 aliphatic carbocycles. The van der Waals surface area contributed by atoms with Gasteiger partial charge in [-0.15, -0.1) is 11.8 Å². The van der Waals surface area contributed by atoms with E-state index in [0.717, 1.165) is 11.3 Å². The molecule has 2 aromatic rings. The van der Waals surface area contributed by atoms with Crippen LogP contribution < -0.4 is 5.32 Å². The van der Waals surface area contributed by atoms with Gasteiger partial charge in [0.2, 0.25) is 10.0 Å². The lowest BCUT2D eigenvalue weighted by Gasteiger charge is -2.22. The Labute approximate surface area is 183 Å². The summed E-state index contributed by atoms with van der Waals surface area (Å²) < 4.78 is 27.3. The van der Waals surface area contributed by atoms with Gasteiger partial charge in [-0.25, -0.2) is 13.2 Å². The number of urea groups is 1. The molecule has 1 heterocycles. The van der Waals surface area contributed by atoms with Crippen LogP contribution in [0.25, 0.3) is 0 Å². The quantitative estimate of drug-likeness (QED) is 0.544. The number of hydrogen-bond acceptors (Lipinski definition) is 4. The van der Waals surface area contributed by atoms with Crippen molar-refractivity contribution in [3.63, 3.8) is 0 Å². The highest BCUT2D eigenvalue weighted by Crippen LogP contribution is 2.19. The SMILES string of the molecule is Cc1ccc(SCCNC(=O)N2CCCN(S(=O)(=O)c3ccc(C)cc3)CC2)cc1. The van der Waals surface area contributed by atoms with E-state index in [2.05, 4.69) is 36.5 Å². The zero-order valence-electron chi connectivity index (χ0n) is 17.5. The molecule has 0 bridgehead atoms. The molecule has 0 unspecified atom stereocenters. The number of carbonyl (C=O) groups excluding carboxylic acids is 1. The molecule has 6 nitrogen and oxygen atoms in total. The molecule has 1 saturated heterocycles. The van der Waals surface area contributed by atoms with Gasteiger partial charge in [0.1, 0.15) is 0 Å². The van der Waals surface area contributed by atoms with Crippen molar-refractivity contribution in [2.24, 2.45) is 0 Å². The Bertz CT molecular complexity index is 945. The maximum Gasteiger partial charge on any atom is 0.317 e. The van der Waals surface area contributed by atoms with Crippen molar-refractivity contribution < 1.29 is 13.2 Å². The largest absolute Gasteiger partial charge is 0.337 e. The Morgan fingerprint density at radius 1 is 0.933 bits per heavy atom. The summed E-state index contributed by atoms with van der Waals surface area (Å²) in [5.74, 6) is 0.788. The van der Waals surface area contributed by atoms with Crippen molar-refractivity contribution in [2.75, 3.05) is 38.5 Å². The Hall–Kier alpha value is -2.03. The normalized spacial score (nSPS) is 15.6. The fourth-order valence-electron chi connectivity index (χ4n) is 3.27. The molecule has 1 N–H and O–H groups in total. The molecule has 30 heavy (non-hydrogen) atoms. The van der Waals surface area contributed by atoms with E-state index in [1.165, 1.54) is 14.8 Å². The maximum absolute atomic E-state index is 12.9. The third-order valence-electron chi connectivity index (χ3n) is 5.07. The number of thioether (sulfide) groups is 1. The third-order valence-corrected chi connectivity index (χ3v) is 8.00. The number of sulfonamides is 1. The molecular weight excluding hydrogens is 418 g/mol. The van der Waals surface area contributed by atoms with Crippen LogP contribution in [0.1, 0.15) is 17.5 Å². The van der Waals surface area contributed by atoms with E-state index >= 15 is 0 Å². The molecule has 3 rings (SSSR count). The van der Waals surface area contributed by atoms with Crippen molar-refractivity contribution in [2.45, 2.75) is 30.1 Å². The molecule has 162 valence electrons. The number of nitrogens with zero attached hydrogens (tertiary/aromatic N) is 2. The minimum absolute atomic E-state index is 0.130. The Morgan fingerprint density at radius 3 is 2.23 bits per heavy atom.